The number of methoxy groups -OCH3 is 2. The Morgan fingerprint density at radius 1 is 0.974 bits per heavy atom. The van der Waals surface area contributed by atoms with Crippen LogP contribution < -0.4 is 4.74 Å². The molecule has 2 aromatic carbocycles. The topological polar surface area (TPSA) is 89.3 Å². The lowest BCUT2D eigenvalue weighted by Crippen LogP contribution is -2.48. The van der Waals surface area contributed by atoms with E-state index >= 15 is 0 Å². The summed E-state index contributed by atoms with van der Waals surface area (Å²) < 4.78 is 52.6. The van der Waals surface area contributed by atoms with Crippen LogP contribution in [0.2, 0.25) is 0 Å². The average Bonchev–Trinajstić information content (AvgIpc) is 3.39. The lowest BCUT2D eigenvalue weighted by molar-refractivity contribution is 0.0588. The summed E-state index contributed by atoms with van der Waals surface area (Å²) in [6, 6.07) is 10.1. The van der Waals surface area contributed by atoms with Gasteiger partial charge in [0.15, 0.2) is 23.0 Å². The van der Waals surface area contributed by atoms with Crippen LogP contribution in [0.3, 0.4) is 0 Å². The maximum Gasteiger partial charge on any atom is 0.356 e. The van der Waals surface area contributed by atoms with Crippen LogP contribution in [0.5, 0.6) is 5.75 Å². The second-order valence-electron chi connectivity index (χ2n) is 8.97. The van der Waals surface area contributed by atoms with E-state index in [9.17, 15) is 22.8 Å². The van der Waals surface area contributed by atoms with Crippen molar-refractivity contribution in [3.63, 3.8) is 0 Å². The van der Waals surface area contributed by atoms with Crippen molar-refractivity contribution in [1.82, 2.24) is 24.4 Å². The Morgan fingerprint density at radius 3 is 2.36 bits per heavy atom. The summed E-state index contributed by atoms with van der Waals surface area (Å²) in [5, 5.41) is 4.23. The second kappa shape index (κ2) is 10.7. The van der Waals surface area contributed by atoms with Gasteiger partial charge in [-0.05, 0) is 36.4 Å². The van der Waals surface area contributed by atoms with Crippen molar-refractivity contribution in [1.29, 1.82) is 0 Å². The van der Waals surface area contributed by atoms with Crippen LogP contribution in [-0.2, 0) is 11.3 Å². The molecule has 0 bridgehead atoms. The Kier molecular flexibility index (Phi) is 7.20. The van der Waals surface area contributed by atoms with E-state index in [4.69, 9.17) is 9.47 Å². The number of fused-ring (bicyclic) bond motifs is 1. The summed E-state index contributed by atoms with van der Waals surface area (Å²) in [4.78, 5) is 34.1. The van der Waals surface area contributed by atoms with E-state index < -0.39 is 23.4 Å². The van der Waals surface area contributed by atoms with Crippen LogP contribution >= 0.6 is 0 Å². The predicted molar refractivity (Wildman–Crippen MR) is 134 cm³/mol. The Morgan fingerprint density at radius 2 is 1.69 bits per heavy atom. The number of esters is 1. The molecule has 12 heteroatoms. The minimum atomic E-state index is -1.24. The molecule has 0 N–H and O–H groups in total. The van der Waals surface area contributed by atoms with E-state index in [1.54, 1.807) is 36.3 Å². The van der Waals surface area contributed by atoms with Crippen molar-refractivity contribution >= 4 is 17.5 Å². The first-order chi connectivity index (χ1) is 18.8. The molecular formula is C27H24F3N5O4. The molecule has 0 saturated carbocycles. The van der Waals surface area contributed by atoms with Gasteiger partial charge in [0.1, 0.15) is 17.1 Å². The van der Waals surface area contributed by atoms with Crippen molar-refractivity contribution in [3.05, 3.63) is 82.9 Å². The minimum absolute atomic E-state index is 0.00846. The molecular weight excluding hydrogens is 515 g/mol. The summed E-state index contributed by atoms with van der Waals surface area (Å²) in [5.41, 5.74) is 1.53. The Bertz CT molecular complexity index is 1550. The SMILES string of the molecule is COC(=O)c1cc(-c2ccc(OC)cc2)nc2c(C(=O)N3CCN(Cc4cc(F)cc(F)c4F)CC3)cnn12. The smallest absolute Gasteiger partial charge is 0.356 e. The number of nitrogens with zero attached hydrogens (tertiary/aromatic N) is 5. The zero-order valence-corrected chi connectivity index (χ0v) is 21.2. The summed E-state index contributed by atoms with van der Waals surface area (Å²) in [7, 11) is 2.80. The fourth-order valence-corrected chi connectivity index (χ4v) is 4.52. The maximum absolute atomic E-state index is 14.1. The Labute approximate surface area is 221 Å². The number of hydrogen-bond acceptors (Lipinski definition) is 7. The van der Waals surface area contributed by atoms with Gasteiger partial charge in [-0.15, -0.1) is 0 Å². The summed E-state index contributed by atoms with van der Waals surface area (Å²) in [5.74, 6) is -3.51. The van der Waals surface area contributed by atoms with Gasteiger partial charge in [-0.1, -0.05) is 0 Å². The van der Waals surface area contributed by atoms with E-state index in [2.05, 4.69) is 10.1 Å². The van der Waals surface area contributed by atoms with Gasteiger partial charge in [0.05, 0.1) is 26.1 Å². The molecule has 1 fully saturated rings. The lowest BCUT2D eigenvalue weighted by atomic mass is 10.1. The molecule has 3 heterocycles. The highest BCUT2D eigenvalue weighted by Crippen LogP contribution is 2.25. The lowest BCUT2D eigenvalue weighted by Gasteiger charge is -2.34. The molecule has 1 amide bonds. The first kappa shape index (κ1) is 26.2. The number of carbonyl (C=O) groups is 2. The van der Waals surface area contributed by atoms with Crippen molar-refractivity contribution in [2.24, 2.45) is 0 Å². The van der Waals surface area contributed by atoms with Gasteiger partial charge >= 0.3 is 5.97 Å². The number of aromatic nitrogens is 3. The van der Waals surface area contributed by atoms with E-state index in [0.717, 1.165) is 6.07 Å². The number of ether oxygens (including phenoxy) is 2. The highest BCUT2D eigenvalue weighted by molar-refractivity contribution is 6.01. The van der Waals surface area contributed by atoms with Crippen molar-refractivity contribution in [3.8, 4) is 17.0 Å². The van der Waals surface area contributed by atoms with Gasteiger partial charge < -0.3 is 14.4 Å². The van der Waals surface area contributed by atoms with Crippen molar-refractivity contribution in [2.45, 2.75) is 6.54 Å². The maximum atomic E-state index is 14.1. The van der Waals surface area contributed by atoms with Crippen LogP contribution in [0.25, 0.3) is 16.9 Å². The van der Waals surface area contributed by atoms with Gasteiger partial charge in [-0.25, -0.2) is 27.5 Å². The monoisotopic (exact) mass is 539 g/mol. The molecule has 202 valence electrons. The number of carbonyl (C=O) groups excluding carboxylic acids is 2. The molecule has 9 nitrogen and oxygen atoms in total. The van der Waals surface area contributed by atoms with Gasteiger partial charge in [0.25, 0.3) is 5.91 Å². The zero-order chi connectivity index (χ0) is 27.7. The highest BCUT2D eigenvalue weighted by atomic mass is 19.2. The average molecular weight is 540 g/mol. The van der Waals surface area contributed by atoms with Crippen molar-refractivity contribution in [2.75, 3.05) is 40.4 Å². The molecule has 39 heavy (non-hydrogen) atoms. The number of piperazine rings is 1. The summed E-state index contributed by atoms with van der Waals surface area (Å²) in [6.07, 6.45) is 1.35. The number of hydrogen-bond donors (Lipinski definition) is 0. The fraction of sp³-hybridized carbons (Fsp3) is 0.259. The van der Waals surface area contributed by atoms with Crippen LogP contribution in [0.1, 0.15) is 26.4 Å². The number of halogens is 3. The number of rotatable bonds is 6. The Balaban J connectivity index is 1.39. The molecule has 0 atom stereocenters. The predicted octanol–water partition coefficient (Wildman–Crippen LogP) is 3.57. The molecule has 0 radical (unpaired) electrons. The molecule has 2 aromatic heterocycles. The summed E-state index contributed by atoms with van der Waals surface area (Å²) in [6.45, 7) is 1.31. The normalized spacial score (nSPS) is 14.0. The number of benzene rings is 2. The standard InChI is InChI=1S/C27H24F3N5O4/c1-38-19-5-3-16(4-6-19)22-13-23(27(37)39-2)35-25(32-22)20(14-31-35)26(36)34-9-7-33(8-10-34)15-17-11-18(28)12-21(29)24(17)30/h3-6,11-14H,7-10,15H2,1-2H3. The molecule has 5 rings (SSSR count). The molecule has 0 spiro atoms. The molecule has 0 aliphatic carbocycles. The van der Waals surface area contributed by atoms with Gasteiger partial charge in [0, 0.05) is 49.9 Å². The quantitative estimate of drug-likeness (QED) is 0.274. The minimum Gasteiger partial charge on any atom is -0.497 e. The Hall–Kier alpha value is -4.45. The molecule has 4 aromatic rings. The first-order valence-corrected chi connectivity index (χ1v) is 12.1. The van der Waals surface area contributed by atoms with Gasteiger partial charge in [-0.2, -0.15) is 5.10 Å². The van der Waals surface area contributed by atoms with Gasteiger partial charge in [0.2, 0.25) is 0 Å². The van der Waals surface area contributed by atoms with Crippen LogP contribution in [0.4, 0.5) is 13.2 Å². The van der Waals surface area contributed by atoms with Crippen molar-refractivity contribution < 1.29 is 32.2 Å². The third-order valence-corrected chi connectivity index (χ3v) is 6.60. The highest BCUT2D eigenvalue weighted by Gasteiger charge is 2.27. The third kappa shape index (κ3) is 5.15. The second-order valence-corrected chi connectivity index (χ2v) is 8.97. The largest absolute Gasteiger partial charge is 0.497 e. The summed E-state index contributed by atoms with van der Waals surface area (Å²) >= 11 is 0. The molecule has 1 aliphatic rings. The van der Waals surface area contributed by atoms with E-state index in [1.165, 1.54) is 23.9 Å². The number of amides is 1. The van der Waals surface area contributed by atoms with Gasteiger partial charge in [-0.3, -0.25) is 9.69 Å². The molecule has 1 saturated heterocycles. The van der Waals surface area contributed by atoms with E-state index in [-0.39, 0.29) is 48.0 Å². The fourth-order valence-electron chi connectivity index (χ4n) is 4.52. The zero-order valence-electron chi connectivity index (χ0n) is 21.2. The molecule has 1 aliphatic heterocycles. The first-order valence-electron chi connectivity index (χ1n) is 12.1. The van der Waals surface area contributed by atoms with Crippen LogP contribution in [0, 0.1) is 17.5 Å². The van der Waals surface area contributed by atoms with E-state index in [0.29, 0.717) is 36.2 Å². The van der Waals surface area contributed by atoms with Crippen LogP contribution in [0.15, 0.2) is 48.7 Å². The van der Waals surface area contributed by atoms with E-state index in [1.807, 2.05) is 4.90 Å². The molecule has 0 unspecified atom stereocenters. The van der Waals surface area contributed by atoms with Crippen LogP contribution in [-0.4, -0.2) is 76.7 Å². The third-order valence-electron chi connectivity index (χ3n) is 6.60.